The Morgan fingerprint density at radius 1 is 1.56 bits per heavy atom. The molecule has 1 atom stereocenters. The van der Waals surface area contributed by atoms with E-state index in [1.807, 2.05) is 23.9 Å². The largest absolute Gasteiger partial charge is 0.355 e. The molecule has 100 valence electrons. The van der Waals surface area contributed by atoms with Crippen molar-refractivity contribution in [2.24, 2.45) is 0 Å². The van der Waals surface area contributed by atoms with Crippen molar-refractivity contribution in [3.8, 4) is 0 Å². The van der Waals surface area contributed by atoms with Gasteiger partial charge in [0.2, 0.25) is 5.91 Å². The van der Waals surface area contributed by atoms with Crippen molar-refractivity contribution in [2.75, 3.05) is 32.7 Å². The predicted molar refractivity (Wildman–Crippen MR) is 69.1 cm³/mol. The summed E-state index contributed by atoms with van der Waals surface area (Å²) in [6, 6.07) is 1.85. The Hall–Kier alpha value is -1.40. The molecule has 0 aromatic carbocycles. The summed E-state index contributed by atoms with van der Waals surface area (Å²) in [4.78, 5) is 14.2. The number of nitrogens with zero attached hydrogens (tertiary/aromatic N) is 3. The summed E-state index contributed by atoms with van der Waals surface area (Å²) in [5.41, 5.74) is 0. The third-order valence-corrected chi connectivity index (χ3v) is 3.18. The van der Waals surface area contributed by atoms with Crippen LogP contribution in [-0.2, 0) is 11.3 Å². The van der Waals surface area contributed by atoms with Gasteiger partial charge in [-0.3, -0.25) is 14.4 Å². The minimum Gasteiger partial charge on any atom is -0.355 e. The van der Waals surface area contributed by atoms with Gasteiger partial charge >= 0.3 is 0 Å². The van der Waals surface area contributed by atoms with Gasteiger partial charge in [0.05, 0.1) is 6.54 Å². The topological polar surface area (TPSA) is 62.2 Å². The highest BCUT2D eigenvalue weighted by molar-refractivity contribution is 5.82. The maximum Gasteiger partial charge on any atom is 0.238 e. The number of rotatable bonds is 5. The zero-order valence-corrected chi connectivity index (χ0v) is 10.8. The van der Waals surface area contributed by atoms with Gasteiger partial charge in [0.1, 0.15) is 6.04 Å². The Labute approximate surface area is 107 Å². The Kier molecular flexibility index (Phi) is 4.72. The van der Waals surface area contributed by atoms with Crippen molar-refractivity contribution in [1.29, 1.82) is 0 Å². The number of carbonyl (C=O) groups excluding carboxylic acids is 1. The first-order chi connectivity index (χ1) is 8.81. The summed E-state index contributed by atoms with van der Waals surface area (Å²) >= 11 is 0. The zero-order valence-electron chi connectivity index (χ0n) is 10.8. The Morgan fingerprint density at radius 2 is 2.44 bits per heavy atom. The van der Waals surface area contributed by atoms with Gasteiger partial charge in [0.15, 0.2) is 0 Å². The van der Waals surface area contributed by atoms with Crippen molar-refractivity contribution in [3.05, 3.63) is 18.5 Å². The molecule has 2 heterocycles. The Morgan fingerprint density at radius 3 is 3.17 bits per heavy atom. The molecular formula is C12H21N5O. The molecule has 0 aliphatic carbocycles. The van der Waals surface area contributed by atoms with Crippen LogP contribution >= 0.6 is 0 Å². The molecule has 18 heavy (non-hydrogen) atoms. The third kappa shape index (κ3) is 3.30. The number of hydrogen-bond donors (Lipinski definition) is 2. The van der Waals surface area contributed by atoms with Crippen LogP contribution in [0.2, 0.25) is 0 Å². The van der Waals surface area contributed by atoms with Crippen LogP contribution in [0, 0.1) is 0 Å². The van der Waals surface area contributed by atoms with E-state index < -0.39 is 0 Å². The van der Waals surface area contributed by atoms with E-state index in [4.69, 9.17) is 0 Å². The smallest absolute Gasteiger partial charge is 0.238 e. The molecule has 1 aromatic rings. The SMILES string of the molecule is CCNC(=O)C1CNCCN1CCn1cccn1. The van der Waals surface area contributed by atoms with Gasteiger partial charge in [-0.25, -0.2) is 0 Å². The minimum absolute atomic E-state index is 0.0609. The second kappa shape index (κ2) is 6.51. The third-order valence-electron chi connectivity index (χ3n) is 3.18. The molecule has 6 heteroatoms. The average molecular weight is 251 g/mol. The summed E-state index contributed by atoms with van der Waals surface area (Å²) in [6.07, 6.45) is 3.72. The van der Waals surface area contributed by atoms with Gasteiger partial charge in [-0.2, -0.15) is 5.10 Å². The molecule has 0 spiro atoms. The van der Waals surface area contributed by atoms with Crippen LogP contribution in [0.4, 0.5) is 0 Å². The molecule has 1 amide bonds. The second-order valence-corrected chi connectivity index (χ2v) is 4.42. The number of piperazine rings is 1. The van der Waals surface area contributed by atoms with Crippen LogP contribution in [0.15, 0.2) is 18.5 Å². The van der Waals surface area contributed by atoms with Crippen LogP contribution in [-0.4, -0.2) is 59.4 Å². The molecule has 1 aromatic heterocycles. The Balaban J connectivity index is 1.89. The van der Waals surface area contributed by atoms with Crippen molar-refractivity contribution < 1.29 is 4.79 Å². The minimum atomic E-state index is -0.0609. The standard InChI is InChI=1S/C12H21N5O/c1-2-14-12(18)11-10-13-5-7-16(11)8-9-17-6-3-4-15-17/h3-4,6,11,13H,2,5,7-10H2,1H3,(H,14,18). The molecular weight excluding hydrogens is 230 g/mol. The quantitative estimate of drug-likeness (QED) is 0.726. The first kappa shape index (κ1) is 13.0. The summed E-state index contributed by atoms with van der Waals surface area (Å²) in [7, 11) is 0. The molecule has 0 bridgehead atoms. The van der Waals surface area contributed by atoms with Crippen molar-refractivity contribution in [1.82, 2.24) is 25.3 Å². The zero-order chi connectivity index (χ0) is 12.8. The van der Waals surface area contributed by atoms with E-state index in [2.05, 4.69) is 20.6 Å². The van der Waals surface area contributed by atoms with E-state index in [0.717, 1.165) is 32.7 Å². The fourth-order valence-corrected chi connectivity index (χ4v) is 2.23. The molecule has 1 aliphatic rings. The van der Waals surface area contributed by atoms with Gasteiger partial charge in [0.25, 0.3) is 0 Å². The van der Waals surface area contributed by atoms with E-state index in [0.29, 0.717) is 6.54 Å². The van der Waals surface area contributed by atoms with Gasteiger partial charge in [-0.15, -0.1) is 0 Å². The molecule has 1 aliphatic heterocycles. The van der Waals surface area contributed by atoms with Crippen LogP contribution < -0.4 is 10.6 Å². The highest BCUT2D eigenvalue weighted by Gasteiger charge is 2.27. The lowest BCUT2D eigenvalue weighted by atomic mass is 10.1. The Bertz CT molecular complexity index is 365. The number of aromatic nitrogens is 2. The summed E-state index contributed by atoms with van der Waals surface area (Å²) in [5, 5.41) is 10.3. The first-order valence-electron chi connectivity index (χ1n) is 6.51. The summed E-state index contributed by atoms with van der Waals surface area (Å²) in [6.45, 7) is 6.88. The monoisotopic (exact) mass is 251 g/mol. The lowest BCUT2D eigenvalue weighted by Gasteiger charge is -2.34. The van der Waals surface area contributed by atoms with Crippen LogP contribution in [0.5, 0.6) is 0 Å². The van der Waals surface area contributed by atoms with Crippen molar-refractivity contribution in [3.63, 3.8) is 0 Å². The molecule has 1 fully saturated rings. The molecule has 1 unspecified atom stereocenters. The van der Waals surface area contributed by atoms with E-state index in [1.165, 1.54) is 0 Å². The van der Waals surface area contributed by atoms with Crippen LogP contribution in [0.1, 0.15) is 6.92 Å². The number of carbonyl (C=O) groups is 1. The van der Waals surface area contributed by atoms with Gasteiger partial charge in [-0.1, -0.05) is 0 Å². The van der Waals surface area contributed by atoms with Gasteiger partial charge < -0.3 is 10.6 Å². The normalized spacial score (nSPS) is 20.8. The predicted octanol–water partition coefficient (Wildman–Crippen LogP) is -0.707. The molecule has 2 rings (SSSR count). The number of nitrogens with one attached hydrogen (secondary N) is 2. The molecule has 0 radical (unpaired) electrons. The maximum atomic E-state index is 12.0. The van der Waals surface area contributed by atoms with Crippen molar-refractivity contribution in [2.45, 2.75) is 19.5 Å². The molecule has 6 nitrogen and oxygen atoms in total. The highest BCUT2D eigenvalue weighted by atomic mass is 16.2. The van der Waals surface area contributed by atoms with Crippen LogP contribution in [0.3, 0.4) is 0 Å². The number of likely N-dealkylation sites (N-methyl/N-ethyl adjacent to an activating group) is 1. The molecule has 2 N–H and O–H groups in total. The van der Waals surface area contributed by atoms with Gasteiger partial charge in [0, 0.05) is 45.1 Å². The maximum absolute atomic E-state index is 12.0. The average Bonchev–Trinajstić information content (AvgIpc) is 2.90. The number of amides is 1. The van der Waals surface area contributed by atoms with E-state index >= 15 is 0 Å². The van der Waals surface area contributed by atoms with Crippen LogP contribution in [0.25, 0.3) is 0 Å². The first-order valence-corrected chi connectivity index (χ1v) is 6.51. The van der Waals surface area contributed by atoms with E-state index in [1.54, 1.807) is 6.20 Å². The number of hydrogen-bond acceptors (Lipinski definition) is 4. The molecule has 1 saturated heterocycles. The summed E-state index contributed by atoms with van der Waals surface area (Å²) in [5.74, 6) is 0.116. The highest BCUT2D eigenvalue weighted by Crippen LogP contribution is 2.04. The van der Waals surface area contributed by atoms with E-state index in [9.17, 15) is 4.79 Å². The molecule has 0 saturated carbocycles. The lowest BCUT2D eigenvalue weighted by Crippen LogP contribution is -2.58. The van der Waals surface area contributed by atoms with Crippen molar-refractivity contribution >= 4 is 5.91 Å². The summed E-state index contributed by atoms with van der Waals surface area (Å²) < 4.78 is 1.90. The second-order valence-electron chi connectivity index (χ2n) is 4.42. The fraction of sp³-hybridized carbons (Fsp3) is 0.667. The van der Waals surface area contributed by atoms with Gasteiger partial charge in [-0.05, 0) is 13.0 Å². The van der Waals surface area contributed by atoms with E-state index in [-0.39, 0.29) is 11.9 Å². The fourth-order valence-electron chi connectivity index (χ4n) is 2.23. The lowest BCUT2D eigenvalue weighted by molar-refractivity contribution is -0.127.